The van der Waals surface area contributed by atoms with Gasteiger partial charge in [0, 0.05) is 59.2 Å². The lowest BCUT2D eigenvalue weighted by molar-refractivity contribution is 0.241. The van der Waals surface area contributed by atoms with Gasteiger partial charge in [-0.1, -0.05) is 37.9 Å². The second-order valence-electron chi connectivity index (χ2n) is 7.64. The topological polar surface area (TPSA) is 87.7 Å². The van der Waals surface area contributed by atoms with Crippen molar-refractivity contribution < 1.29 is 0 Å². The van der Waals surface area contributed by atoms with Crippen molar-refractivity contribution in [2.45, 2.75) is 19.5 Å². The summed E-state index contributed by atoms with van der Waals surface area (Å²) in [4.78, 5) is 35.2. The van der Waals surface area contributed by atoms with Crippen molar-refractivity contribution in [2.75, 3.05) is 6.54 Å². The number of pyridine rings is 1. The molecule has 1 aliphatic heterocycles. The van der Waals surface area contributed by atoms with Gasteiger partial charge in [-0.3, -0.25) is 14.7 Å². The maximum absolute atomic E-state index is 12.7. The minimum absolute atomic E-state index is 0.104. The molecule has 1 aliphatic rings. The number of fused-ring (bicyclic) bond motifs is 1. The first-order chi connectivity index (χ1) is 15.5. The van der Waals surface area contributed by atoms with Crippen molar-refractivity contribution in [1.29, 1.82) is 0 Å². The van der Waals surface area contributed by atoms with Gasteiger partial charge in [0.25, 0.3) is 5.56 Å². The molecule has 0 amide bonds. The Morgan fingerprint density at radius 2 is 1.78 bits per heavy atom. The number of nitrogens with zero attached hydrogens (tertiary/aromatic N) is 5. The average molecular weight is 554 g/mol. The fourth-order valence-corrected chi connectivity index (χ4v) is 5.12. The molecule has 0 unspecified atom stereocenters. The van der Waals surface area contributed by atoms with E-state index in [2.05, 4.69) is 67.7 Å². The molecule has 0 radical (unpaired) electrons. The third-order valence-corrected chi connectivity index (χ3v) is 6.29. The van der Waals surface area contributed by atoms with Crippen LogP contribution in [0.3, 0.4) is 0 Å². The van der Waals surface area contributed by atoms with Gasteiger partial charge in [-0.15, -0.1) is 0 Å². The van der Waals surface area contributed by atoms with Crippen molar-refractivity contribution in [3.8, 4) is 22.6 Å². The van der Waals surface area contributed by atoms with E-state index in [0.717, 1.165) is 56.5 Å². The van der Waals surface area contributed by atoms with Crippen molar-refractivity contribution in [1.82, 2.24) is 29.8 Å². The van der Waals surface area contributed by atoms with E-state index in [-0.39, 0.29) is 5.56 Å². The maximum atomic E-state index is 12.7. The van der Waals surface area contributed by atoms with Gasteiger partial charge in [-0.2, -0.15) is 0 Å². The molecular formula is C23H18Br2N6O. The number of aromatic amines is 1. The molecule has 1 N–H and O–H groups in total. The Morgan fingerprint density at radius 1 is 1.00 bits per heavy atom. The average Bonchev–Trinajstić information content (AvgIpc) is 2.80. The van der Waals surface area contributed by atoms with Gasteiger partial charge in [0.05, 0.1) is 22.5 Å². The standard InChI is InChI=1S/C23H18Br2N6O/c24-17-5-15(6-18(25)7-17)20-2-1-14(8-28-20)11-31-4-3-21-19(12-31)23(32)30-22(29-21)16-9-26-13-27-10-16/h1-2,5-10,13H,3-4,11-12H2,(H,29,30,32). The van der Waals surface area contributed by atoms with E-state index in [9.17, 15) is 4.79 Å². The minimum atomic E-state index is -0.104. The molecule has 1 aromatic carbocycles. The van der Waals surface area contributed by atoms with E-state index in [1.54, 1.807) is 12.4 Å². The Hall–Kier alpha value is -2.75. The molecule has 3 aromatic heterocycles. The van der Waals surface area contributed by atoms with Gasteiger partial charge >= 0.3 is 0 Å². The predicted molar refractivity (Wildman–Crippen MR) is 129 cm³/mol. The van der Waals surface area contributed by atoms with E-state index in [1.165, 1.54) is 6.33 Å². The second kappa shape index (κ2) is 9.01. The largest absolute Gasteiger partial charge is 0.306 e. The summed E-state index contributed by atoms with van der Waals surface area (Å²) in [6, 6.07) is 10.2. The first kappa shape index (κ1) is 21.1. The molecular weight excluding hydrogens is 536 g/mol. The normalized spacial score (nSPS) is 13.7. The molecule has 9 heteroatoms. The number of benzene rings is 1. The Balaban J connectivity index is 1.32. The van der Waals surface area contributed by atoms with Crippen molar-refractivity contribution in [3.63, 3.8) is 0 Å². The molecule has 0 aliphatic carbocycles. The van der Waals surface area contributed by atoms with E-state index in [0.29, 0.717) is 17.9 Å². The number of H-pyrrole nitrogens is 1. The Morgan fingerprint density at radius 3 is 2.50 bits per heavy atom. The molecule has 5 rings (SSSR count). The minimum Gasteiger partial charge on any atom is -0.306 e. The second-order valence-corrected chi connectivity index (χ2v) is 9.47. The fourth-order valence-electron chi connectivity index (χ4n) is 3.82. The summed E-state index contributed by atoms with van der Waals surface area (Å²) in [5.41, 5.74) is 5.23. The molecule has 0 fully saturated rings. The van der Waals surface area contributed by atoms with Gasteiger partial charge < -0.3 is 4.98 Å². The zero-order valence-electron chi connectivity index (χ0n) is 16.9. The molecule has 0 spiro atoms. The molecule has 0 bridgehead atoms. The summed E-state index contributed by atoms with van der Waals surface area (Å²) >= 11 is 7.05. The van der Waals surface area contributed by atoms with Crippen LogP contribution < -0.4 is 5.56 Å². The van der Waals surface area contributed by atoms with Crippen molar-refractivity contribution in [3.05, 3.63) is 91.4 Å². The maximum Gasteiger partial charge on any atom is 0.255 e. The highest BCUT2D eigenvalue weighted by atomic mass is 79.9. The van der Waals surface area contributed by atoms with Crippen LogP contribution >= 0.6 is 31.9 Å². The third kappa shape index (κ3) is 4.55. The summed E-state index contributed by atoms with van der Waals surface area (Å²) in [6.45, 7) is 2.11. The van der Waals surface area contributed by atoms with Crippen LogP contribution in [0.2, 0.25) is 0 Å². The van der Waals surface area contributed by atoms with Crippen LogP contribution in [0.5, 0.6) is 0 Å². The molecule has 0 saturated heterocycles. The highest BCUT2D eigenvalue weighted by Crippen LogP contribution is 2.27. The molecule has 32 heavy (non-hydrogen) atoms. The number of rotatable bonds is 4. The SMILES string of the molecule is O=c1[nH]c(-c2cncnc2)nc2c1CN(Cc1ccc(-c3cc(Br)cc(Br)c3)nc1)CC2. The lowest BCUT2D eigenvalue weighted by Crippen LogP contribution is -2.35. The zero-order chi connectivity index (χ0) is 22.1. The number of hydrogen-bond donors (Lipinski definition) is 1. The number of halogens is 2. The molecule has 0 atom stereocenters. The Kier molecular flexibility index (Phi) is 5.95. The molecule has 160 valence electrons. The van der Waals surface area contributed by atoms with Gasteiger partial charge in [0.15, 0.2) is 0 Å². The van der Waals surface area contributed by atoms with E-state index < -0.39 is 0 Å². The molecule has 0 saturated carbocycles. The van der Waals surface area contributed by atoms with Crippen LogP contribution in [0.1, 0.15) is 16.8 Å². The van der Waals surface area contributed by atoms with Crippen molar-refractivity contribution in [2.24, 2.45) is 0 Å². The van der Waals surface area contributed by atoms with Crippen LogP contribution in [0, 0.1) is 0 Å². The Labute approximate surface area is 201 Å². The van der Waals surface area contributed by atoms with Crippen LogP contribution in [-0.2, 0) is 19.5 Å². The summed E-state index contributed by atoms with van der Waals surface area (Å²) in [7, 11) is 0. The van der Waals surface area contributed by atoms with Crippen molar-refractivity contribution >= 4 is 31.9 Å². The first-order valence-electron chi connectivity index (χ1n) is 10.1. The summed E-state index contributed by atoms with van der Waals surface area (Å²) < 4.78 is 2.00. The lowest BCUT2D eigenvalue weighted by Gasteiger charge is -2.27. The molecule has 4 aromatic rings. The van der Waals surface area contributed by atoms with Crippen LogP contribution in [0.4, 0.5) is 0 Å². The molecule has 7 nitrogen and oxygen atoms in total. The van der Waals surface area contributed by atoms with E-state index >= 15 is 0 Å². The summed E-state index contributed by atoms with van der Waals surface area (Å²) in [5.74, 6) is 0.516. The van der Waals surface area contributed by atoms with E-state index in [1.807, 2.05) is 30.5 Å². The quantitative estimate of drug-likeness (QED) is 0.404. The van der Waals surface area contributed by atoms with Gasteiger partial charge in [0.2, 0.25) is 0 Å². The number of nitrogens with one attached hydrogen (secondary N) is 1. The monoisotopic (exact) mass is 552 g/mol. The van der Waals surface area contributed by atoms with E-state index in [4.69, 9.17) is 0 Å². The fraction of sp³-hybridized carbons (Fsp3) is 0.174. The van der Waals surface area contributed by atoms with Gasteiger partial charge in [0.1, 0.15) is 12.2 Å². The number of hydrogen-bond acceptors (Lipinski definition) is 6. The Bertz CT molecular complexity index is 1300. The highest BCUT2D eigenvalue weighted by molar-refractivity contribution is 9.11. The van der Waals surface area contributed by atoms with Gasteiger partial charge in [-0.05, 0) is 29.8 Å². The third-order valence-electron chi connectivity index (χ3n) is 5.37. The van der Waals surface area contributed by atoms with Crippen LogP contribution in [-0.4, -0.2) is 36.4 Å². The zero-order valence-corrected chi connectivity index (χ0v) is 20.1. The first-order valence-corrected chi connectivity index (χ1v) is 11.6. The predicted octanol–water partition coefficient (Wildman–Crippen LogP) is 4.37. The smallest absolute Gasteiger partial charge is 0.255 e. The van der Waals surface area contributed by atoms with Crippen LogP contribution in [0.15, 0.2) is 69.0 Å². The molecule has 4 heterocycles. The summed E-state index contributed by atoms with van der Waals surface area (Å²) in [6.07, 6.45) is 7.38. The summed E-state index contributed by atoms with van der Waals surface area (Å²) in [5, 5.41) is 0. The van der Waals surface area contributed by atoms with Crippen LogP contribution in [0.25, 0.3) is 22.6 Å². The van der Waals surface area contributed by atoms with Gasteiger partial charge in [-0.25, -0.2) is 15.0 Å². The number of aromatic nitrogens is 5. The lowest BCUT2D eigenvalue weighted by atomic mass is 10.1. The highest BCUT2D eigenvalue weighted by Gasteiger charge is 2.22.